The van der Waals surface area contributed by atoms with Crippen molar-refractivity contribution in [3.63, 3.8) is 0 Å². The Morgan fingerprint density at radius 2 is 1.79 bits per heavy atom. The van der Waals surface area contributed by atoms with Gasteiger partial charge in [-0.3, -0.25) is 4.79 Å². The maximum Gasteiger partial charge on any atom is 0.263 e. The molecule has 0 fully saturated rings. The van der Waals surface area contributed by atoms with Crippen molar-refractivity contribution >= 4 is 54.7 Å². The maximum absolute atomic E-state index is 11.8. The monoisotopic (exact) mass is 423 g/mol. The van der Waals surface area contributed by atoms with Crippen molar-refractivity contribution in [1.29, 1.82) is 0 Å². The molecule has 0 aliphatic carbocycles. The average Bonchev–Trinajstić information content (AvgIpc) is 3.31. The first-order valence-electron chi connectivity index (χ1n) is 9.27. The van der Waals surface area contributed by atoms with Gasteiger partial charge in [0, 0.05) is 19.3 Å². The summed E-state index contributed by atoms with van der Waals surface area (Å²) in [7, 11) is 1.62. The van der Waals surface area contributed by atoms with Crippen molar-refractivity contribution in [2.75, 3.05) is 24.2 Å². The minimum Gasteiger partial charge on any atom is -0.361 e. The van der Waals surface area contributed by atoms with Crippen LogP contribution in [0.15, 0.2) is 48.5 Å². The highest BCUT2D eigenvalue weighted by Gasteiger charge is 2.13. The Bertz CT molecular complexity index is 1100. The predicted octanol–water partition coefficient (Wildman–Crippen LogP) is 4.82. The van der Waals surface area contributed by atoms with E-state index in [1.165, 1.54) is 21.6 Å². The molecule has 4 aromatic rings. The summed E-state index contributed by atoms with van der Waals surface area (Å²) in [5, 5.41) is 11.0. The second-order valence-electron chi connectivity index (χ2n) is 6.50. The summed E-state index contributed by atoms with van der Waals surface area (Å²) in [6, 6.07) is 16.4. The van der Waals surface area contributed by atoms with Gasteiger partial charge in [-0.1, -0.05) is 46.9 Å². The van der Waals surface area contributed by atoms with Gasteiger partial charge < -0.3 is 16.0 Å². The molecule has 0 radical (unpaired) electrons. The van der Waals surface area contributed by atoms with E-state index >= 15 is 0 Å². The molecule has 0 aliphatic rings. The molecule has 4 rings (SSSR count). The summed E-state index contributed by atoms with van der Waals surface area (Å²) in [6.07, 6.45) is 0.910. The van der Waals surface area contributed by atoms with E-state index in [1.54, 1.807) is 18.4 Å². The number of nitrogens with zero attached hydrogens (tertiary/aromatic N) is 2. The lowest BCUT2D eigenvalue weighted by Gasteiger charge is -2.06. The topological polar surface area (TPSA) is 78.9 Å². The third-order valence-corrected chi connectivity index (χ3v) is 6.48. The van der Waals surface area contributed by atoms with Gasteiger partial charge in [-0.05, 0) is 43.2 Å². The highest BCUT2D eigenvalue weighted by molar-refractivity contribution is 7.22. The fraction of sp³-hybridized carbons (Fsp3) is 0.190. The molecule has 0 saturated carbocycles. The standard InChI is InChI=1S/C21H21N5OS2/c1-13-18(19(27)22-2)29-21(24-13)25-15-9-7-14(8-10-15)11-12-23-20-26-16-5-3-4-6-17(16)28-20/h3-10H,11-12H2,1-2H3,(H,22,27)(H,23,26)(H,24,25). The van der Waals surface area contributed by atoms with Crippen LogP contribution >= 0.6 is 22.7 Å². The second kappa shape index (κ2) is 8.59. The third kappa shape index (κ3) is 4.55. The molecule has 8 heteroatoms. The van der Waals surface area contributed by atoms with E-state index in [0.717, 1.165) is 35.0 Å². The van der Waals surface area contributed by atoms with Gasteiger partial charge in [-0.2, -0.15) is 0 Å². The van der Waals surface area contributed by atoms with E-state index in [4.69, 9.17) is 0 Å². The Morgan fingerprint density at radius 1 is 1.00 bits per heavy atom. The number of anilines is 3. The quantitative estimate of drug-likeness (QED) is 0.397. The number of aryl methyl sites for hydroxylation is 1. The normalized spacial score (nSPS) is 10.8. The van der Waals surface area contributed by atoms with Crippen LogP contribution in [0.3, 0.4) is 0 Å². The number of aromatic nitrogens is 2. The van der Waals surface area contributed by atoms with Crippen LogP contribution in [-0.4, -0.2) is 29.5 Å². The number of fused-ring (bicyclic) bond motifs is 1. The Balaban J connectivity index is 1.32. The molecule has 1 amide bonds. The number of nitrogens with one attached hydrogen (secondary N) is 3. The SMILES string of the molecule is CNC(=O)c1sc(Nc2ccc(CCNc3nc4ccccc4s3)cc2)nc1C. The van der Waals surface area contributed by atoms with Crippen LogP contribution in [0.4, 0.5) is 16.0 Å². The Labute approximate surface area is 177 Å². The van der Waals surface area contributed by atoms with Gasteiger partial charge in [0.25, 0.3) is 5.91 Å². The molecule has 0 atom stereocenters. The first kappa shape index (κ1) is 19.4. The third-order valence-electron chi connectivity index (χ3n) is 4.42. The van der Waals surface area contributed by atoms with Crippen molar-refractivity contribution in [3.05, 3.63) is 64.7 Å². The van der Waals surface area contributed by atoms with Gasteiger partial charge in [-0.25, -0.2) is 9.97 Å². The number of carbonyl (C=O) groups excluding carboxylic acids is 1. The number of para-hydroxylation sites is 1. The van der Waals surface area contributed by atoms with Crippen LogP contribution in [0.5, 0.6) is 0 Å². The van der Waals surface area contributed by atoms with Crippen molar-refractivity contribution in [2.24, 2.45) is 0 Å². The summed E-state index contributed by atoms with van der Waals surface area (Å²) in [4.78, 5) is 21.5. The van der Waals surface area contributed by atoms with E-state index < -0.39 is 0 Å². The van der Waals surface area contributed by atoms with Crippen molar-refractivity contribution in [3.8, 4) is 0 Å². The van der Waals surface area contributed by atoms with Crippen molar-refractivity contribution in [1.82, 2.24) is 15.3 Å². The molecule has 2 heterocycles. The zero-order valence-electron chi connectivity index (χ0n) is 16.2. The molecule has 0 aliphatic heterocycles. The molecule has 2 aromatic heterocycles. The molecule has 2 aromatic carbocycles. The van der Waals surface area contributed by atoms with Gasteiger partial charge >= 0.3 is 0 Å². The first-order valence-corrected chi connectivity index (χ1v) is 10.9. The van der Waals surface area contributed by atoms with E-state index in [9.17, 15) is 4.79 Å². The predicted molar refractivity (Wildman–Crippen MR) is 122 cm³/mol. The van der Waals surface area contributed by atoms with Crippen LogP contribution in [0.2, 0.25) is 0 Å². The van der Waals surface area contributed by atoms with Gasteiger partial charge in [-0.15, -0.1) is 0 Å². The summed E-state index contributed by atoms with van der Waals surface area (Å²) < 4.78 is 1.20. The lowest BCUT2D eigenvalue weighted by atomic mass is 10.1. The Kier molecular flexibility index (Phi) is 5.73. The average molecular weight is 424 g/mol. The molecular formula is C21H21N5OS2. The molecule has 29 heavy (non-hydrogen) atoms. The van der Waals surface area contributed by atoms with Crippen molar-refractivity contribution < 1.29 is 4.79 Å². The highest BCUT2D eigenvalue weighted by Crippen LogP contribution is 2.27. The van der Waals surface area contributed by atoms with Gasteiger partial charge in [0.2, 0.25) is 0 Å². The molecule has 3 N–H and O–H groups in total. The number of amides is 1. The lowest BCUT2D eigenvalue weighted by molar-refractivity contribution is 0.0966. The van der Waals surface area contributed by atoms with E-state index in [-0.39, 0.29) is 5.91 Å². The molecule has 6 nitrogen and oxygen atoms in total. The summed E-state index contributed by atoms with van der Waals surface area (Å²) >= 11 is 3.03. The smallest absolute Gasteiger partial charge is 0.263 e. The number of rotatable bonds is 7. The van der Waals surface area contributed by atoms with Crippen LogP contribution < -0.4 is 16.0 Å². The van der Waals surface area contributed by atoms with Gasteiger partial charge in [0.1, 0.15) is 4.88 Å². The van der Waals surface area contributed by atoms with Crippen LogP contribution in [0.1, 0.15) is 20.9 Å². The van der Waals surface area contributed by atoms with Crippen LogP contribution in [0, 0.1) is 6.92 Å². The van der Waals surface area contributed by atoms with Crippen molar-refractivity contribution in [2.45, 2.75) is 13.3 Å². The molecule has 0 saturated heterocycles. The highest BCUT2D eigenvalue weighted by atomic mass is 32.1. The minimum absolute atomic E-state index is 0.107. The first-order chi connectivity index (χ1) is 14.1. The molecule has 0 bridgehead atoms. The van der Waals surface area contributed by atoms with Gasteiger partial charge in [0.05, 0.1) is 15.9 Å². The number of carbonyl (C=O) groups is 1. The number of hydrogen-bond acceptors (Lipinski definition) is 7. The largest absolute Gasteiger partial charge is 0.361 e. The molecule has 0 unspecified atom stereocenters. The fourth-order valence-corrected chi connectivity index (χ4v) is 4.74. The molecule has 148 valence electrons. The summed E-state index contributed by atoms with van der Waals surface area (Å²) in [5.41, 5.74) is 3.96. The van der Waals surface area contributed by atoms with E-state index in [1.807, 2.05) is 37.3 Å². The summed E-state index contributed by atoms with van der Waals surface area (Å²) in [6.45, 7) is 2.67. The zero-order chi connectivity index (χ0) is 20.2. The fourth-order valence-electron chi connectivity index (χ4n) is 2.91. The Hall–Kier alpha value is -2.97. The van der Waals surface area contributed by atoms with E-state index in [0.29, 0.717) is 10.0 Å². The van der Waals surface area contributed by atoms with Gasteiger partial charge in [0.15, 0.2) is 10.3 Å². The maximum atomic E-state index is 11.8. The molecular weight excluding hydrogens is 402 g/mol. The van der Waals surface area contributed by atoms with E-state index in [2.05, 4.69) is 44.1 Å². The number of thiazole rings is 2. The Morgan fingerprint density at radius 3 is 2.55 bits per heavy atom. The number of benzene rings is 2. The second-order valence-corrected chi connectivity index (χ2v) is 8.53. The zero-order valence-corrected chi connectivity index (χ0v) is 17.8. The van der Waals surface area contributed by atoms with Crippen LogP contribution in [-0.2, 0) is 6.42 Å². The summed E-state index contributed by atoms with van der Waals surface area (Å²) in [5.74, 6) is -0.107. The van der Waals surface area contributed by atoms with Crippen LogP contribution in [0.25, 0.3) is 10.2 Å². The number of hydrogen-bond donors (Lipinski definition) is 3. The molecule has 0 spiro atoms. The lowest BCUT2D eigenvalue weighted by Crippen LogP contribution is -2.17. The minimum atomic E-state index is -0.107.